The fraction of sp³-hybridized carbons (Fsp3) is 1.00. The number of ether oxygens (including phenoxy) is 2. The molecule has 1 heterocycles. The van der Waals surface area contributed by atoms with Crippen LogP contribution in [0, 0.1) is 11.8 Å². The van der Waals surface area contributed by atoms with Crippen LogP contribution >= 0.6 is 0 Å². The molecular formula is C16H34N2O2. The maximum atomic E-state index is 5.48. The first-order valence-corrected chi connectivity index (χ1v) is 8.22. The molecule has 1 saturated heterocycles. The van der Waals surface area contributed by atoms with Crippen molar-refractivity contribution in [2.45, 2.75) is 33.1 Å². The minimum Gasteiger partial charge on any atom is -0.382 e. The van der Waals surface area contributed by atoms with Crippen LogP contribution in [0.2, 0.25) is 0 Å². The molecule has 1 aliphatic heterocycles. The minimum atomic E-state index is 0.706. The van der Waals surface area contributed by atoms with Crippen LogP contribution < -0.4 is 5.32 Å². The van der Waals surface area contributed by atoms with E-state index < -0.39 is 0 Å². The van der Waals surface area contributed by atoms with Crippen LogP contribution in [0.5, 0.6) is 0 Å². The summed E-state index contributed by atoms with van der Waals surface area (Å²) in [6, 6.07) is 0. The van der Waals surface area contributed by atoms with Crippen molar-refractivity contribution < 1.29 is 9.47 Å². The van der Waals surface area contributed by atoms with Crippen LogP contribution in [0.25, 0.3) is 0 Å². The van der Waals surface area contributed by atoms with E-state index in [0.29, 0.717) is 6.61 Å². The van der Waals surface area contributed by atoms with Crippen LogP contribution in [0.1, 0.15) is 33.1 Å². The monoisotopic (exact) mass is 286 g/mol. The fourth-order valence-electron chi connectivity index (χ4n) is 2.64. The van der Waals surface area contributed by atoms with Gasteiger partial charge in [0, 0.05) is 20.3 Å². The van der Waals surface area contributed by atoms with Crippen molar-refractivity contribution in [2.24, 2.45) is 11.8 Å². The predicted octanol–water partition coefficient (Wildman–Crippen LogP) is 2.00. The van der Waals surface area contributed by atoms with Gasteiger partial charge < -0.3 is 19.7 Å². The molecule has 4 nitrogen and oxygen atoms in total. The smallest absolute Gasteiger partial charge is 0.0700 e. The van der Waals surface area contributed by atoms with Gasteiger partial charge in [0.15, 0.2) is 0 Å². The highest BCUT2D eigenvalue weighted by molar-refractivity contribution is 4.77. The second-order valence-electron chi connectivity index (χ2n) is 6.32. The SMILES string of the molecule is COCCOCCCCN1CCC(CNCC(C)C)C1. The van der Waals surface area contributed by atoms with Crippen LogP contribution in [-0.4, -0.2) is 64.6 Å². The lowest BCUT2D eigenvalue weighted by Gasteiger charge is -2.16. The zero-order valence-corrected chi connectivity index (χ0v) is 13.7. The molecule has 0 aliphatic carbocycles. The summed E-state index contributed by atoms with van der Waals surface area (Å²) in [5, 5.41) is 3.58. The Labute approximate surface area is 125 Å². The zero-order chi connectivity index (χ0) is 14.6. The Hall–Kier alpha value is -0.160. The fourth-order valence-corrected chi connectivity index (χ4v) is 2.64. The first-order chi connectivity index (χ1) is 9.72. The van der Waals surface area contributed by atoms with Gasteiger partial charge in [-0.15, -0.1) is 0 Å². The van der Waals surface area contributed by atoms with Gasteiger partial charge in [0.1, 0.15) is 0 Å². The van der Waals surface area contributed by atoms with E-state index >= 15 is 0 Å². The van der Waals surface area contributed by atoms with Crippen molar-refractivity contribution in [1.82, 2.24) is 10.2 Å². The number of rotatable bonds is 12. The molecular weight excluding hydrogens is 252 g/mol. The molecule has 0 amide bonds. The third-order valence-electron chi connectivity index (χ3n) is 3.80. The van der Waals surface area contributed by atoms with E-state index in [1.54, 1.807) is 7.11 Å². The molecule has 1 rings (SSSR count). The lowest BCUT2D eigenvalue weighted by atomic mass is 10.1. The van der Waals surface area contributed by atoms with Crippen molar-refractivity contribution in [3.05, 3.63) is 0 Å². The Balaban J connectivity index is 1.90. The topological polar surface area (TPSA) is 33.7 Å². The second kappa shape index (κ2) is 11.5. The molecule has 1 N–H and O–H groups in total. The Kier molecular flexibility index (Phi) is 10.3. The van der Waals surface area contributed by atoms with E-state index in [1.165, 1.54) is 39.0 Å². The van der Waals surface area contributed by atoms with Gasteiger partial charge in [0.2, 0.25) is 0 Å². The van der Waals surface area contributed by atoms with Crippen molar-refractivity contribution in [3.63, 3.8) is 0 Å². The van der Waals surface area contributed by atoms with Crippen LogP contribution in [0.3, 0.4) is 0 Å². The van der Waals surface area contributed by atoms with Gasteiger partial charge in [-0.25, -0.2) is 0 Å². The van der Waals surface area contributed by atoms with E-state index in [9.17, 15) is 0 Å². The molecule has 120 valence electrons. The van der Waals surface area contributed by atoms with E-state index in [1.807, 2.05) is 0 Å². The number of hydrogen-bond acceptors (Lipinski definition) is 4. The van der Waals surface area contributed by atoms with Crippen molar-refractivity contribution in [2.75, 3.05) is 59.7 Å². The second-order valence-corrected chi connectivity index (χ2v) is 6.32. The van der Waals surface area contributed by atoms with E-state index in [-0.39, 0.29) is 0 Å². The summed E-state index contributed by atoms with van der Waals surface area (Å²) < 4.78 is 10.4. The lowest BCUT2D eigenvalue weighted by molar-refractivity contribution is 0.0679. The predicted molar refractivity (Wildman–Crippen MR) is 84.2 cm³/mol. The van der Waals surface area contributed by atoms with Gasteiger partial charge in [0.25, 0.3) is 0 Å². The van der Waals surface area contributed by atoms with Gasteiger partial charge in [0.05, 0.1) is 13.2 Å². The van der Waals surface area contributed by atoms with Gasteiger partial charge in [-0.05, 0) is 57.3 Å². The van der Waals surface area contributed by atoms with E-state index in [0.717, 1.165) is 38.0 Å². The molecule has 1 atom stereocenters. The molecule has 0 aromatic rings. The molecule has 0 bridgehead atoms. The summed E-state index contributed by atoms with van der Waals surface area (Å²) in [5.41, 5.74) is 0. The number of nitrogens with one attached hydrogen (secondary N) is 1. The number of likely N-dealkylation sites (tertiary alicyclic amines) is 1. The molecule has 20 heavy (non-hydrogen) atoms. The van der Waals surface area contributed by atoms with Crippen molar-refractivity contribution >= 4 is 0 Å². The minimum absolute atomic E-state index is 0.706. The summed E-state index contributed by atoms with van der Waals surface area (Å²) in [4.78, 5) is 2.61. The first kappa shape index (κ1) is 17.9. The van der Waals surface area contributed by atoms with Crippen molar-refractivity contribution in [3.8, 4) is 0 Å². The zero-order valence-electron chi connectivity index (χ0n) is 13.7. The summed E-state index contributed by atoms with van der Waals surface area (Å²) in [6.45, 7) is 13.0. The highest BCUT2D eigenvalue weighted by atomic mass is 16.5. The average Bonchev–Trinajstić information content (AvgIpc) is 2.85. The molecule has 1 fully saturated rings. The largest absolute Gasteiger partial charge is 0.382 e. The average molecular weight is 286 g/mol. The van der Waals surface area contributed by atoms with Gasteiger partial charge in [-0.1, -0.05) is 13.8 Å². The quantitative estimate of drug-likeness (QED) is 0.556. The van der Waals surface area contributed by atoms with E-state index in [4.69, 9.17) is 9.47 Å². The Bertz CT molecular complexity index is 225. The molecule has 1 aliphatic rings. The number of methoxy groups -OCH3 is 1. The molecule has 4 heteroatoms. The third kappa shape index (κ3) is 8.90. The van der Waals surface area contributed by atoms with Crippen LogP contribution in [0.4, 0.5) is 0 Å². The third-order valence-corrected chi connectivity index (χ3v) is 3.80. The highest BCUT2D eigenvalue weighted by Gasteiger charge is 2.21. The van der Waals surface area contributed by atoms with Gasteiger partial charge >= 0.3 is 0 Å². The Morgan fingerprint density at radius 1 is 1.20 bits per heavy atom. The van der Waals surface area contributed by atoms with E-state index in [2.05, 4.69) is 24.1 Å². The Morgan fingerprint density at radius 3 is 2.80 bits per heavy atom. The van der Waals surface area contributed by atoms with Crippen molar-refractivity contribution in [1.29, 1.82) is 0 Å². The van der Waals surface area contributed by atoms with Gasteiger partial charge in [-0.2, -0.15) is 0 Å². The summed E-state index contributed by atoms with van der Waals surface area (Å²) in [5.74, 6) is 1.61. The molecule has 0 saturated carbocycles. The summed E-state index contributed by atoms with van der Waals surface area (Å²) >= 11 is 0. The normalized spacial score (nSPS) is 20.1. The maximum Gasteiger partial charge on any atom is 0.0700 e. The molecule has 0 spiro atoms. The summed E-state index contributed by atoms with van der Waals surface area (Å²) in [6.07, 6.45) is 3.77. The maximum absolute atomic E-state index is 5.48. The Morgan fingerprint density at radius 2 is 2.05 bits per heavy atom. The van der Waals surface area contributed by atoms with Gasteiger partial charge in [-0.3, -0.25) is 0 Å². The molecule has 0 aromatic heterocycles. The van der Waals surface area contributed by atoms with Crippen LogP contribution in [-0.2, 0) is 9.47 Å². The number of hydrogen-bond donors (Lipinski definition) is 1. The standard InChI is InChI=1S/C16H34N2O2/c1-15(2)12-17-13-16-6-8-18(14-16)7-4-5-9-20-11-10-19-3/h15-17H,4-14H2,1-3H3. The molecule has 0 radical (unpaired) electrons. The van der Waals surface area contributed by atoms with Crippen LogP contribution in [0.15, 0.2) is 0 Å². The molecule has 1 unspecified atom stereocenters. The highest BCUT2D eigenvalue weighted by Crippen LogP contribution is 2.15. The summed E-state index contributed by atoms with van der Waals surface area (Å²) in [7, 11) is 1.71. The lowest BCUT2D eigenvalue weighted by Crippen LogP contribution is -2.29. The number of nitrogens with zero attached hydrogens (tertiary/aromatic N) is 1. The number of unbranched alkanes of at least 4 members (excludes halogenated alkanes) is 1. The first-order valence-electron chi connectivity index (χ1n) is 8.22. The molecule has 0 aromatic carbocycles.